The van der Waals surface area contributed by atoms with E-state index in [1.54, 1.807) is 23.1 Å². The van der Waals surface area contributed by atoms with Crippen LogP contribution in [0.5, 0.6) is 11.5 Å². The fourth-order valence-corrected chi connectivity index (χ4v) is 3.93. The smallest absolute Gasteiger partial charge is 0.254 e. The van der Waals surface area contributed by atoms with Crippen molar-refractivity contribution in [2.75, 3.05) is 52.7 Å². The first-order valence-electron chi connectivity index (χ1n) is 9.39. The quantitative estimate of drug-likeness (QED) is 0.793. The summed E-state index contributed by atoms with van der Waals surface area (Å²) in [6.07, 6.45) is 1.33. The van der Waals surface area contributed by atoms with Crippen molar-refractivity contribution in [3.8, 4) is 11.5 Å². The van der Waals surface area contributed by atoms with Crippen molar-refractivity contribution >= 4 is 24.2 Å². The molecule has 3 aliphatic heterocycles. The van der Waals surface area contributed by atoms with Gasteiger partial charge in [0.2, 0.25) is 12.7 Å². The van der Waals surface area contributed by atoms with Crippen LogP contribution in [0.1, 0.15) is 23.2 Å². The summed E-state index contributed by atoms with van der Waals surface area (Å²) in [4.78, 5) is 29.5. The zero-order valence-corrected chi connectivity index (χ0v) is 16.5. The van der Waals surface area contributed by atoms with Crippen molar-refractivity contribution < 1.29 is 23.8 Å². The first kappa shape index (κ1) is 20.7. The highest BCUT2D eigenvalue weighted by molar-refractivity contribution is 5.95. The predicted molar refractivity (Wildman–Crippen MR) is 104 cm³/mol. The van der Waals surface area contributed by atoms with Crippen molar-refractivity contribution in [3.63, 3.8) is 0 Å². The largest absolute Gasteiger partial charge is 0.454 e. The van der Waals surface area contributed by atoms with Crippen molar-refractivity contribution in [3.05, 3.63) is 23.8 Å². The summed E-state index contributed by atoms with van der Waals surface area (Å²) >= 11 is 0. The molecule has 8 nitrogen and oxygen atoms in total. The van der Waals surface area contributed by atoms with Crippen LogP contribution in [-0.2, 0) is 9.53 Å². The maximum Gasteiger partial charge on any atom is 0.254 e. The Labute approximate surface area is 170 Å². The molecule has 2 amide bonds. The van der Waals surface area contributed by atoms with Crippen LogP contribution in [0.2, 0.25) is 0 Å². The number of carbonyl (C=O) groups is 2. The van der Waals surface area contributed by atoms with E-state index in [4.69, 9.17) is 19.9 Å². The Morgan fingerprint density at radius 1 is 1.00 bits per heavy atom. The zero-order valence-electron chi connectivity index (χ0n) is 15.7. The molecular weight excluding hydrogens is 386 g/mol. The summed E-state index contributed by atoms with van der Waals surface area (Å²) in [6.45, 7) is 3.74. The Morgan fingerprint density at radius 2 is 1.64 bits per heavy atom. The molecule has 3 heterocycles. The minimum Gasteiger partial charge on any atom is -0.454 e. The third-order valence-corrected chi connectivity index (χ3v) is 5.77. The molecule has 4 rings (SSSR count). The number of hydrogen-bond acceptors (Lipinski definition) is 6. The standard InChI is InChI=1S/C19H25N3O5.ClH/c20-12-19(3-9-25-10-4-19)18(24)22-7-5-21(6-8-22)17(23)14-1-2-15-16(11-14)27-13-26-15;/h1-2,11H,3-10,12-13,20H2;1H. The van der Waals surface area contributed by atoms with Crippen LogP contribution in [0.15, 0.2) is 18.2 Å². The minimum absolute atomic E-state index is 0. The number of nitrogens with zero attached hydrogens (tertiary/aromatic N) is 2. The van der Waals surface area contributed by atoms with Crippen molar-refractivity contribution in [2.24, 2.45) is 11.1 Å². The highest BCUT2D eigenvalue weighted by Crippen LogP contribution is 2.34. The number of nitrogens with two attached hydrogens (primary N) is 1. The maximum absolute atomic E-state index is 13.0. The lowest BCUT2D eigenvalue weighted by Crippen LogP contribution is -2.57. The molecule has 0 saturated carbocycles. The third kappa shape index (κ3) is 3.76. The van der Waals surface area contributed by atoms with Gasteiger partial charge in [-0.3, -0.25) is 9.59 Å². The van der Waals surface area contributed by atoms with Gasteiger partial charge in [0.1, 0.15) is 0 Å². The van der Waals surface area contributed by atoms with E-state index in [0.29, 0.717) is 75.8 Å². The molecule has 0 aliphatic carbocycles. The molecule has 2 N–H and O–H groups in total. The number of ether oxygens (including phenoxy) is 3. The number of benzene rings is 1. The Hall–Kier alpha value is -2.03. The molecule has 0 atom stereocenters. The molecule has 2 fully saturated rings. The first-order chi connectivity index (χ1) is 13.1. The molecule has 3 aliphatic rings. The van der Waals surface area contributed by atoms with Crippen LogP contribution in [0.3, 0.4) is 0 Å². The SMILES string of the molecule is Cl.NCC1(C(=O)N2CCN(C(=O)c3ccc4c(c3)OCO4)CC2)CCOCC1. The van der Waals surface area contributed by atoms with Crippen LogP contribution in [0.4, 0.5) is 0 Å². The number of fused-ring (bicyclic) bond motifs is 1. The van der Waals surface area contributed by atoms with E-state index in [-0.39, 0.29) is 31.0 Å². The van der Waals surface area contributed by atoms with Gasteiger partial charge >= 0.3 is 0 Å². The van der Waals surface area contributed by atoms with Gasteiger partial charge in [0, 0.05) is 51.5 Å². The second-order valence-electron chi connectivity index (χ2n) is 7.25. The van der Waals surface area contributed by atoms with Crippen LogP contribution in [0.25, 0.3) is 0 Å². The third-order valence-electron chi connectivity index (χ3n) is 5.77. The Kier molecular flexibility index (Phi) is 6.32. The van der Waals surface area contributed by atoms with Gasteiger partial charge in [-0.25, -0.2) is 0 Å². The van der Waals surface area contributed by atoms with E-state index in [2.05, 4.69) is 0 Å². The number of rotatable bonds is 3. The number of piperazine rings is 1. The summed E-state index contributed by atoms with van der Waals surface area (Å²) in [5.41, 5.74) is 6.01. The molecule has 0 unspecified atom stereocenters. The minimum atomic E-state index is -0.512. The predicted octanol–water partition coefficient (Wildman–Crippen LogP) is 0.877. The summed E-state index contributed by atoms with van der Waals surface area (Å²) in [6, 6.07) is 5.22. The van der Waals surface area contributed by atoms with E-state index in [1.807, 2.05) is 4.90 Å². The monoisotopic (exact) mass is 411 g/mol. The van der Waals surface area contributed by atoms with Crippen LogP contribution in [0, 0.1) is 5.41 Å². The van der Waals surface area contributed by atoms with Gasteiger partial charge in [0.15, 0.2) is 11.5 Å². The Morgan fingerprint density at radius 3 is 2.32 bits per heavy atom. The molecule has 2 saturated heterocycles. The van der Waals surface area contributed by atoms with Gasteiger partial charge in [-0.1, -0.05) is 0 Å². The fourth-order valence-electron chi connectivity index (χ4n) is 3.93. The van der Waals surface area contributed by atoms with E-state index < -0.39 is 5.41 Å². The summed E-state index contributed by atoms with van der Waals surface area (Å²) in [7, 11) is 0. The van der Waals surface area contributed by atoms with Gasteiger partial charge in [-0.05, 0) is 31.0 Å². The highest BCUT2D eigenvalue weighted by Gasteiger charge is 2.42. The Bertz CT molecular complexity index is 730. The number of amides is 2. The van der Waals surface area contributed by atoms with Crippen LogP contribution in [-0.4, -0.2) is 74.3 Å². The molecule has 1 aromatic carbocycles. The molecule has 0 radical (unpaired) electrons. The van der Waals surface area contributed by atoms with Crippen molar-refractivity contribution in [2.45, 2.75) is 12.8 Å². The molecule has 154 valence electrons. The molecule has 0 spiro atoms. The molecular formula is C19H26ClN3O5. The van der Waals surface area contributed by atoms with E-state index >= 15 is 0 Å². The van der Waals surface area contributed by atoms with E-state index in [0.717, 1.165) is 0 Å². The number of carbonyl (C=O) groups excluding carboxylic acids is 2. The maximum atomic E-state index is 13.0. The lowest BCUT2D eigenvalue weighted by molar-refractivity contribution is -0.148. The normalized spacial score (nSPS) is 20.5. The lowest BCUT2D eigenvalue weighted by Gasteiger charge is -2.42. The molecule has 0 bridgehead atoms. The molecule has 0 aromatic heterocycles. The molecule has 9 heteroatoms. The Balaban J connectivity index is 0.00000225. The second kappa shape index (κ2) is 8.55. The molecule has 28 heavy (non-hydrogen) atoms. The van der Waals surface area contributed by atoms with Crippen molar-refractivity contribution in [1.82, 2.24) is 9.80 Å². The first-order valence-corrected chi connectivity index (χ1v) is 9.39. The average Bonchev–Trinajstić information content (AvgIpc) is 3.21. The van der Waals surface area contributed by atoms with Gasteiger partial charge in [-0.2, -0.15) is 0 Å². The highest BCUT2D eigenvalue weighted by atomic mass is 35.5. The lowest BCUT2D eigenvalue weighted by atomic mass is 9.78. The van der Waals surface area contributed by atoms with Crippen LogP contribution < -0.4 is 15.2 Å². The second-order valence-corrected chi connectivity index (χ2v) is 7.25. The van der Waals surface area contributed by atoms with Gasteiger partial charge in [0.25, 0.3) is 5.91 Å². The van der Waals surface area contributed by atoms with Crippen molar-refractivity contribution in [1.29, 1.82) is 0 Å². The van der Waals surface area contributed by atoms with Gasteiger partial charge < -0.3 is 29.7 Å². The zero-order chi connectivity index (χ0) is 18.9. The van der Waals surface area contributed by atoms with E-state index in [9.17, 15) is 9.59 Å². The van der Waals surface area contributed by atoms with Gasteiger partial charge in [-0.15, -0.1) is 12.4 Å². The van der Waals surface area contributed by atoms with Crippen LogP contribution >= 0.6 is 12.4 Å². The topological polar surface area (TPSA) is 94.3 Å². The van der Waals surface area contributed by atoms with Gasteiger partial charge in [0.05, 0.1) is 5.41 Å². The average molecular weight is 412 g/mol. The number of hydrogen-bond donors (Lipinski definition) is 1. The summed E-state index contributed by atoms with van der Waals surface area (Å²) < 4.78 is 16.0. The summed E-state index contributed by atoms with van der Waals surface area (Å²) in [5.74, 6) is 1.30. The van der Waals surface area contributed by atoms with E-state index in [1.165, 1.54) is 0 Å². The fraction of sp³-hybridized carbons (Fsp3) is 0.579. The molecule has 1 aromatic rings. The number of halogens is 1. The summed E-state index contributed by atoms with van der Waals surface area (Å²) in [5, 5.41) is 0.